The minimum Gasteiger partial charge on any atom is -0.389 e. The Morgan fingerprint density at radius 1 is 1.19 bits per heavy atom. The first-order valence-corrected chi connectivity index (χ1v) is 9.00. The number of allylic oxidation sites excluding steroid dienone is 4. The molecule has 2 aliphatic rings. The third-order valence-corrected chi connectivity index (χ3v) is 5.64. The van der Waals surface area contributed by atoms with E-state index in [9.17, 15) is 36.2 Å². The zero-order valence-electron chi connectivity index (χ0n) is 15.1. The number of fused-ring (bicyclic) bond motifs is 1. The molecule has 0 heterocycles. The van der Waals surface area contributed by atoms with Crippen LogP contribution in [-0.4, -0.2) is 28.8 Å². The first kappa shape index (κ1) is 22.0. The van der Waals surface area contributed by atoms with Gasteiger partial charge >= 0.3 is 12.4 Å². The van der Waals surface area contributed by atoms with Crippen molar-refractivity contribution < 1.29 is 36.2 Å². The van der Waals surface area contributed by atoms with Gasteiger partial charge in [-0.05, 0) is 37.7 Å². The first-order valence-electron chi connectivity index (χ1n) is 9.00. The molecule has 1 saturated carbocycles. The summed E-state index contributed by atoms with van der Waals surface area (Å²) in [4.78, 5) is 12.1. The Hall–Kier alpha value is -1.31. The number of hydrogen-bond acceptors (Lipinski definition) is 2. The number of alkyl halides is 6. The lowest BCUT2D eigenvalue weighted by Gasteiger charge is -2.37. The van der Waals surface area contributed by atoms with Gasteiger partial charge in [-0.2, -0.15) is 26.3 Å². The van der Waals surface area contributed by atoms with Gasteiger partial charge in [-0.3, -0.25) is 4.79 Å². The molecule has 154 valence electrons. The van der Waals surface area contributed by atoms with Crippen LogP contribution < -0.4 is 0 Å². The highest BCUT2D eigenvalue weighted by atomic mass is 19.4. The summed E-state index contributed by atoms with van der Waals surface area (Å²) in [6.45, 7) is 1.97. The summed E-state index contributed by atoms with van der Waals surface area (Å²) in [5.74, 6) is 0.103. The maximum atomic E-state index is 12.6. The van der Waals surface area contributed by atoms with E-state index in [0.29, 0.717) is 12.8 Å². The molecule has 1 unspecified atom stereocenters. The van der Waals surface area contributed by atoms with E-state index in [1.54, 1.807) is 6.08 Å². The molecule has 0 spiro atoms. The summed E-state index contributed by atoms with van der Waals surface area (Å²) in [5.41, 5.74) is -2.30. The maximum absolute atomic E-state index is 12.6. The predicted octanol–water partition coefficient (Wildman–Crippen LogP) is 5.66. The fraction of sp³-hybridized carbons (Fsp3) is 0.737. The third kappa shape index (κ3) is 5.83. The topological polar surface area (TPSA) is 37.3 Å². The summed E-state index contributed by atoms with van der Waals surface area (Å²) in [6.07, 6.45) is -6.48. The van der Waals surface area contributed by atoms with Crippen molar-refractivity contribution >= 4 is 5.78 Å². The van der Waals surface area contributed by atoms with E-state index < -0.39 is 37.2 Å². The second kappa shape index (κ2) is 7.60. The van der Waals surface area contributed by atoms with Crippen LogP contribution in [0.15, 0.2) is 23.8 Å². The maximum Gasteiger partial charge on any atom is 0.391 e. The van der Waals surface area contributed by atoms with Crippen LogP contribution in [0.2, 0.25) is 0 Å². The number of halogens is 6. The Balaban J connectivity index is 2.01. The second-order valence-corrected chi connectivity index (χ2v) is 7.93. The van der Waals surface area contributed by atoms with Crippen molar-refractivity contribution in [1.29, 1.82) is 0 Å². The van der Waals surface area contributed by atoms with Crippen molar-refractivity contribution in [3.05, 3.63) is 23.8 Å². The molecule has 0 radical (unpaired) electrons. The number of hydrogen-bond donors (Lipinski definition) is 1. The number of Topliss-reactive ketones (excluding diaryl/α,β-unsaturated/α-hetero) is 1. The highest BCUT2D eigenvalue weighted by Gasteiger charge is 2.48. The molecule has 27 heavy (non-hydrogen) atoms. The van der Waals surface area contributed by atoms with E-state index in [0.717, 1.165) is 18.4 Å². The average Bonchev–Trinajstić information content (AvgIpc) is 2.77. The van der Waals surface area contributed by atoms with Crippen molar-refractivity contribution in [2.24, 2.45) is 11.3 Å². The standard InChI is InChI=1S/C19H24F6O2/c1-16-9-4-6-15(26)14(16)8-7-13(16)5-2-3-10-17(27,11-18(20,21)22)12-19(23,24)25/h2,5,7,14,27H,3-4,6,8-12H2,1H3/t14-,16?/m0/s1. The largest absolute Gasteiger partial charge is 0.391 e. The summed E-state index contributed by atoms with van der Waals surface area (Å²) >= 11 is 0. The smallest absolute Gasteiger partial charge is 0.389 e. The van der Waals surface area contributed by atoms with Crippen LogP contribution in [-0.2, 0) is 4.79 Å². The van der Waals surface area contributed by atoms with Crippen LogP contribution in [0.3, 0.4) is 0 Å². The van der Waals surface area contributed by atoms with Gasteiger partial charge in [0.2, 0.25) is 0 Å². The predicted molar refractivity (Wildman–Crippen MR) is 87.8 cm³/mol. The molecule has 2 aliphatic carbocycles. The molecule has 2 atom stereocenters. The fourth-order valence-corrected chi connectivity index (χ4v) is 4.35. The van der Waals surface area contributed by atoms with Gasteiger partial charge in [0.15, 0.2) is 0 Å². The number of aliphatic hydroxyl groups is 1. The van der Waals surface area contributed by atoms with Gasteiger partial charge in [0.25, 0.3) is 0 Å². The quantitative estimate of drug-likeness (QED) is 0.586. The highest BCUT2D eigenvalue weighted by molar-refractivity contribution is 5.84. The van der Waals surface area contributed by atoms with E-state index in [1.165, 1.54) is 6.08 Å². The summed E-state index contributed by atoms with van der Waals surface area (Å²) < 4.78 is 75.4. The van der Waals surface area contributed by atoms with Crippen molar-refractivity contribution in [1.82, 2.24) is 0 Å². The van der Waals surface area contributed by atoms with E-state index in [1.807, 2.05) is 13.0 Å². The molecule has 0 aromatic rings. The lowest BCUT2D eigenvalue weighted by atomic mass is 9.66. The average molecular weight is 398 g/mol. The zero-order chi connectivity index (χ0) is 20.5. The van der Waals surface area contributed by atoms with Gasteiger partial charge in [0.05, 0.1) is 18.4 Å². The van der Waals surface area contributed by atoms with Crippen molar-refractivity contribution in [2.75, 3.05) is 0 Å². The van der Waals surface area contributed by atoms with Gasteiger partial charge in [0, 0.05) is 17.8 Å². The molecule has 0 aromatic heterocycles. The van der Waals surface area contributed by atoms with Crippen LogP contribution in [0.5, 0.6) is 0 Å². The molecular formula is C19H24F6O2. The minimum atomic E-state index is -4.89. The Labute approximate surface area is 154 Å². The van der Waals surface area contributed by atoms with Crippen molar-refractivity contribution in [3.63, 3.8) is 0 Å². The van der Waals surface area contributed by atoms with Crippen LogP contribution >= 0.6 is 0 Å². The van der Waals surface area contributed by atoms with Crippen LogP contribution in [0.25, 0.3) is 0 Å². The number of ketones is 1. The number of rotatable bonds is 6. The van der Waals surface area contributed by atoms with Gasteiger partial charge in [-0.15, -0.1) is 0 Å². The number of carbonyl (C=O) groups excluding carboxylic acids is 1. The Morgan fingerprint density at radius 3 is 2.33 bits per heavy atom. The molecule has 8 heteroatoms. The highest BCUT2D eigenvalue weighted by Crippen LogP contribution is 2.51. The fourth-order valence-electron chi connectivity index (χ4n) is 4.35. The van der Waals surface area contributed by atoms with Crippen LogP contribution in [0.4, 0.5) is 26.3 Å². The molecule has 0 bridgehead atoms. The Bertz CT molecular complexity index is 601. The summed E-state index contributed by atoms with van der Waals surface area (Å²) in [5, 5.41) is 9.91. The zero-order valence-corrected chi connectivity index (χ0v) is 15.1. The minimum absolute atomic E-state index is 0.0988. The molecule has 0 aliphatic heterocycles. The normalized spacial score (nSPS) is 27.2. The molecule has 2 nitrogen and oxygen atoms in total. The van der Waals surface area contributed by atoms with Crippen LogP contribution in [0.1, 0.15) is 58.3 Å². The third-order valence-electron chi connectivity index (χ3n) is 5.64. The van der Waals surface area contributed by atoms with E-state index in [-0.39, 0.29) is 23.5 Å². The molecular weight excluding hydrogens is 374 g/mol. The Morgan fingerprint density at radius 2 is 1.78 bits per heavy atom. The van der Waals surface area contributed by atoms with E-state index in [2.05, 4.69) is 0 Å². The first-order chi connectivity index (χ1) is 12.2. The molecule has 0 saturated heterocycles. The lowest BCUT2D eigenvalue weighted by Crippen LogP contribution is -2.39. The molecule has 0 amide bonds. The summed E-state index contributed by atoms with van der Waals surface area (Å²) in [6, 6.07) is 0. The van der Waals surface area contributed by atoms with Crippen LogP contribution in [0, 0.1) is 11.3 Å². The SMILES string of the molecule is CC12CCCC(=O)[C@@H]1CC=C2C=CCCC(O)(CC(F)(F)F)CC(F)(F)F. The Kier molecular flexibility index (Phi) is 6.19. The van der Waals surface area contributed by atoms with Gasteiger partial charge in [-0.25, -0.2) is 0 Å². The molecule has 0 aromatic carbocycles. The van der Waals surface area contributed by atoms with Crippen molar-refractivity contribution in [3.8, 4) is 0 Å². The molecule has 1 N–H and O–H groups in total. The summed E-state index contributed by atoms with van der Waals surface area (Å²) in [7, 11) is 0. The molecule has 2 rings (SSSR count). The monoisotopic (exact) mass is 398 g/mol. The second-order valence-electron chi connectivity index (χ2n) is 7.93. The van der Waals surface area contributed by atoms with Gasteiger partial charge in [0.1, 0.15) is 5.78 Å². The number of carbonyl (C=O) groups is 1. The van der Waals surface area contributed by atoms with E-state index in [4.69, 9.17) is 0 Å². The van der Waals surface area contributed by atoms with Crippen molar-refractivity contribution in [2.45, 2.75) is 76.2 Å². The van der Waals surface area contributed by atoms with Gasteiger partial charge < -0.3 is 5.11 Å². The lowest BCUT2D eigenvalue weighted by molar-refractivity contribution is -0.217. The van der Waals surface area contributed by atoms with E-state index >= 15 is 0 Å². The molecule has 1 fully saturated rings. The van der Waals surface area contributed by atoms with Gasteiger partial charge in [-0.1, -0.05) is 25.2 Å².